The number of carbonyl (C=O) groups excluding carboxylic acids is 1. The molecule has 35 heavy (non-hydrogen) atoms. The van der Waals surface area contributed by atoms with E-state index in [1.54, 1.807) is 0 Å². The third-order valence-electron chi connectivity index (χ3n) is 6.04. The van der Waals surface area contributed by atoms with Crippen molar-refractivity contribution in [3.8, 4) is 5.75 Å². The summed E-state index contributed by atoms with van der Waals surface area (Å²) in [5.74, 6) is 2.02. The average molecular weight is 490 g/mol. The smallest absolute Gasteiger partial charge is 0.224 e. The molecule has 0 saturated heterocycles. The Bertz CT molecular complexity index is 1280. The molecule has 1 amide bonds. The van der Waals surface area contributed by atoms with Gasteiger partial charge in [-0.15, -0.1) is 0 Å². The van der Waals surface area contributed by atoms with Gasteiger partial charge in [-0.1, -0.05) is 48.0 Å². The SMILES string of the molecule is Cc1ccc(C)c(OCCCn2c(CCCNC(=O)Cc3ccc(Cl)cc3)nc3ccccc32)c1. The van der Waals surface area contributed by atoms with Gasteiger partial charge in [0.1, 0.15) is 11.6 Å². The molecule has 0 aliphatic rings. The predicted molar refractivity (Wildman–Crippen MR) is 142 cm³/mol. The van der Waals surface area contributed by atoms with Crippen LogP contribution in [0.3, 0.4) is 0 Å². The second-order valence-electron chi connectivity index (χ2n) is 8.90. The van der Waals surface area contributed by atoms with Gasteiger partial charge in [0.05, 0.1) is 24.1 Å². The number of rotatable bonds is 11. The summed E-state index contributed by atoms with van der Waals surface area (Å²) in [5, 5.41) is 3.70. The molecule has 0 unspecified atom stereocenters. The standard InChI is InChI=1S/C29H32ClN3O2/c1-21-10-11-22(2)27(19-21)35-18-6-17-33-26-8-4-3-7-25(26)32-28(33)9-5-16-31-29(34)20-23-12-14-24(30)15-13-23/h3-4,7-8,10-15,19H,5-6,9,16-18,20H2,1-2H3,(H,31,34). The minimum Gasteiger partial charge on any atom is -0.493 e. The van der Waals surface area contributed by atoms with Crippen LogP contribution in [0.25, 0.3) is 11.0 Å². The molecule has 0 bridgehead atoms. The van der Waals surface area contributed by atoms with Crippen LogP contribution < -0.4 is 10.1 Å². The first-order valence-electron chi connectivity index (χ1n) is 12.1. The molecule has 0 radical (unpaired) electrons. The van der Waals surface area contributed by atoms with Gasteiger partial charge in [-0.2, -0.15) is 0 Å². The molecule has 1 N–H and O–H groups in total. The molecule has 0 aliphatic carbocycles. The van der Waals surface area contributed by atoms with Gasteiger partial charge >= 0.3 is 0 Å². The third-order valence-corrected chi connectivity index (χ3v) is 6.29. The van der Waals surface area contributed by atoms with Gasteiger partial charge in [0.15, 0.2) is 0 Å². The van der Waals surface area contributed by atoms with Crippen molar-refractivity contribution in [3.05, 3.63) is 94.3 Å². The zero-order valence-electron chi connectivity index (χ0n) is 20.4. The van der Waals surface area contributed by atoms with Gasteiger partial charge in [0.2, 0.25) is 5.91 Å². The van der Waals surface area contributed by atoms with Crippen LogP contribution in [0.4, 0.5) is 0 Å². The Labute approximate surface area is 212 Å². The number of benzene rings is 3. The first-order chi connectivity index (χ1) is 17.0. The van der Waals surface area contributed by atoms with E-state index in [2.05, 4.69) is 54.1 Å². The summed E-state index contributed by atoms with van der Waals surface area (Å²) in [4.78, 5) is 17.1. The van der Waals surface area contributed by atoms with Crippen molar-refractivity contribution in [3.63, 3.8) is 0 Å². The largest absolute Gasteiger partial charge is 0.493 e. The highest BCUT2D eigenvalue weighted by molar-refractivity contribution is 6.30. The molecule has 0 spiro atoms. The van der Waals surface area contributed by atoms with Crippen molar-refractivity contribution in [2.24, 2.45) is 0 Å². The van der Waals surface area contributed by atoms with Crippen LogP contribution >= 0.6 is 11.6 Å². The van der Waals surface area contributed by atoms with Crippen molar-refractivity contribution in [2.75, 3.05) is 13.2 Å². The Morgan fingerprint density at radius 3 is 2.66 bits per heavy atom. The molecule has 4 rings (SSSR count). The fraction of sp³-hybridized carbons (Fsp3) is 0.310. The third kappa shape index (κ3) is 6.86. The maximum Gasteiger partial charge on any atom is 0.224 e. The Hall–Kier alpha value is -3.31. The van der Waals surface area contributed by atoms with Crippen LogP contribution in [-0.4, -0.2) is 28.6 Å². The monoisotopic (exact) mass is 489 g/mol. The predicted octanol–water partition coefficient (Wildman–Crippen LogP) is 6.07. The van der Waals surface area contributed by atoms with Gasteiger partial charge in [0.25, 0.3) is 0 Å². The Morgan fingerprint density at radius 2 is 1.83 bits per heavy atom. The summed E-state index contributed by atoms with van der Waals surface area (Å²) in [7, 11) is 0. The molecule has 5 nitrogen and oxygen atoms in total. The lowest BCUT2D eigenvalue weighted by molar-refractivity contribution is -0.120. The normalized spacial score (nSPS) is 11.1. The van der Waals surface area contributed by atoms with E-state index in [9.17, 15) is 4.79 Å². The number of imidazole rings is 1. The van der Waals surface area contributed by atoms with Gasteiger partial charge in [-0.25, -0.2) is 4.98 Å². The fourth-order valence-electron chi connectivity index (χ4n) is 4.16. The number of nitrogens with zero attached hydrogens (tertiary/aromatic N) is 2. The summed E-state index contributed by atoms with van der Waals surface area (Å²) in [5.41, 5.74) is 5.46. The Morgan fingerprint density at radius 1 is 1.03 bits per heavy atom. The molecular formula is C29H32ClN3O2. The number of amides is 1. The van der Waals surface area contributed by atoms with Crippen molar-refractivity contribution in [2.45, 2.75) is 46.1 Å². The van der Waals surface area contributed by atoms with E-state index >= 15 is 0 Å². The summed E-state index contributed by atoms with van der Waals surface area (Å²) < 4.78 is 8.35. The molecule has 1 aromatic heterocycles. The number of aryl methyl sites for hydroxylation is 4. The number of hydrogen-bond donors (Lipinski definition) is 1. The van der Waals surface area contributed by atoms with Gasteiger partial charge in [-0.3, -0.25) is 4.79 Å². The molecule has 6 heteroatoms. The summed E-state index contributed by atoms with van der Waals surface area (Å²) in [6.07, 6.45) is 2.87. The van der Waals surface area contributed by atoms with Crippen LogP contribution in [0.1, 0.15) is 35.4 Å². The zero-order chi connectivity index (χ0) is 24.6. The number of para-hydroxylation sites is 2. The molecule has 182 valence electrons. The first kappa shape index (κ1) is 24.8. The van der Waals surface area contributed by atoms with Crippen molar-refractivity contribution in [1.29, 1.82) is 0 Å². The van der Waals surface area contributed by atoms with Gasteiger partial charge in [0, 0.05) is 24.5 Å². The number of carbonyl (C=O) groups is 1. The summed E-state index contributed by atoms with van der Waals surface area (Å²) in [6, 6.07) is 21.9. The van der Waals surface area contributed by atoms with E-state index in [1.165, 1.54) is 5.56 Å². The lowest BCUT2D eigenvalue weighted by atomic mass is 10.1. The minimum atomic E-state index is 0.0180. The van der Waals surface area contributed by atoms with Gasteiger partial charge in [-0.05, 0) is 73.7 Å². The maximum absolute atomic E-state index is 12.3. The second kappa shape index (κ2) is 11.9. The highest BCUT2D eigenvalue weighted by atomic mass is 35.5. The highest BCUT2D eigenvalue weighted by Gasteiger charge is 2.11. The van der Waals surface area contributed by atoms with Crippen molar-refractivity contribution in [1.82, 2.24) is 14.9 Å². The fourth-order valence-corrected chi connectivity index (χ4v) is 4.28. The quantitative estimate of drug-likeness (QED) is 0.260. The Balaban J connectivity index is 1.30. The van der Waals surface area contributed by atoms with E-state index in [0.717, 1.165) is 59.5 Å². The minimum absolute atomic E-state index is 0.0180. The van der Waals surface area contributed by atoms with Crippen molar-refractivity contribution < 1.29 is 9.53 Å². The number of ether oxygens (including phenoxy) is 1. The first-order valence-corrected chi connectivity index (χ1v) is 12.5. The van der Waals surface area contributed by atoms with E-state index in [4.69, 9.17) is 21.3 Å². The summed E-state index contributed by atoms with van der Waals surface area (Å²) >= 11 is 5.92. The van der Waals surface area contributed by atoms with E-state index in [-0.39, 0.29) is 5.91 Å². The lowest BCUT2D eigenvalue weighted by Crippen LogP contribution is -2.26. The summed E-state index contributed by atoms with van der Waals surface area (Å²) in [6.45, 7) is 6.26. The highest BCUT2D eigenvalue weighted by Crippen LogP contribution is 2.21. The van der Waals surface area contributed by atoms with Crippen LogP contribution in [0.2, 0.25) is 5.02 Å². The van der Waals surface area contributed by atoms with Crippen LogP contribution in [0.15, 0.2) is 66.7 Å². The molecule has 0 saturated carbocycles. The molecule has 0 atom stereocenters. The van der Waals surface area contributed by atoms with Crippen molar-refractivity contribution >= 4 is 28.5 Å². The number of hydrogen-bond acceptors (Lipinski definition) is 3. The molecular weight excluding hydrogens is 458 g/mol. The molecule has 4 aromatic rings. The van der Waals surface area contributed by atoms with E-state index in [0.29, 0.717) is 24.6 Å². The molecule has 0 aliphatic heterocycles. The average Bonchev–Trinajstić information content (AvgIpc) is 3.20. The second-order valence-corrected chi connectivity index (χ2v) is 9.33. The van der Waals surface area contributed by atoms with Crippen LogP contribution in [-0.2, 0) is 24.2 Å². The van der Waals surface area contributed by atoms with Crippen LogP contribution in [0.5, 0.6) is 5.75 Å². The number of fused-ring (bicyclic) bond motifs is 1. The van der Waals surface area contributed by atoms with E-state index < -0.39 is 0 Å². The molecule has 3 aromatic carbocycles. The number of nitrogens with one attached hydrogen (secondary N) is 1. The molecule has 1 heterocycles. The molecule has 0 fully saturated rings. The zero-order valence-corrected chi connectivity index (χ0v) is 21.1. The number of halogens is 1. The Kier molecular flexibility index (Phi) is 8.43. The number of aromatic nitrogens is 2. The lowest BCUT2D eigenvalue weighted by Gasteiger charge is -2.12. The maximum atomic E-state index is 12.3. The van der Waals surface area contributed by atoms with Gasteiger partial charge < -0.3 is 14.6 Å². The van der Waals surface area contributed by atoms with Crippen LogP contribution in [0, 0.1) is 13.8 Å². The van der Waals surface area contributed by atoms with E-state index in [1.807, 2.05) is 36.4 Å². The topological polar surface area (TPSA) is 56.1 Å².